The molecule has 0 N–H and O–H groups in total. The Balaban J connectivity index is 3.77. The van der Waals surface area contributed by atoms with Gasteiger partial charge in [-0.2, -0.15) is 5.26 Å². The highest BCUT2D eigenvalue weighted by atomic mass is 16.5. The van der Waals surface area contributed by atoms with Crippen molar-refractivity contribution >= 4 is 5.97 Å². The highest BCUT2D eigenvalue weighted by molar-refractivity contribution is 5.70. The molecule has 0 rings (SSSR count). The minimum Gasteiger partial charge on any atom is -0.466 e. The Hall–Kier alpha value is -1.04. The summed E-state index contributed by atoms with van der Waals surface area (Å²) in [4.78, 5) is 11.3. The highest BCUT2D eigenvalue weighted by Crippen LogP contribution is 2.15. The van der Waals surface area contributed by atoms with Gasteiger partial charge in [0.05, 0.1) is 25.0 Å². The molecule has 0 aliphatic carbocycles. The first-order chi connectivity index (χ1) is 7.10. The summed E-state index contributed by atoms with van der Waals surface area (Å²) >= 11 is 0. The molecule has 86 valence electrons. The maximum atomic E-state index is 11.3. The molecular formula is C12H21NO2. The molecule has 0 bridgehead atoms. The minimum absolute atomic E-state index is 0.195. The zero-order valence-corrected chi connectivity index (χ0v) is 9.95. The fourth-order valence-corrected chi connectivity index (χ4v) is 1.34. The van der Waals surface area contributed by atoms with Crippen LogP contribution in [0.15, 0.2) is 0 Å². The minimum atomic E-state index is -0.240. The van der Waals surface area contributed by atoms with Crippen molar-refractivity contribution < 1.29 is 9.53 Å². The van der Waals surface area contributed by atoms with Gasteiger partial charge in [0.15, 0.2) is 0 Å². The Morgan fingerprint density at radius 3 is 2.60 bits per heavy atom. The van der Waals surface area contributed by atoms with Crippen LogP contribution in [0, 0.1) is 23.2 Å². The number of hydrogen-bond acceptors (Lipinski definition) is 3. The Bertz CT molecular complexity index is 218. The number of nitrogens with zero attached hydrogens (tertiary/aromatic N) is 1. The van der Waals surface area contributed by atoms with E-state index in [0.29, 0.717) is 12.5 Å². The summed E-state index contributed by atoms with van der Waals surface area (Å²) in [7, 11) is 0. The van der Waals surface area contributed by atoms with Crippen molar-refractivity contribution in [1.82, 2.24) is 0 Å². The number of unbranched alkanes of at least 4 members (excludes halogenated alkanes) is 1. The van der Waals surface area contributed by atoms with Crippen LogP contribution in [0.4, 0.5) is 0 Å². The Labute approximate surface area is 92.4 Å². The van der Waals surface area contributed by atoms with Gasteiger partial charge in [0.25, 0.3) is 0 Å². The fourth-order valence-electron chi connectivity index (χ4n) is 1.34. The number of esters is 1. The topological polar surface area (TPSA) is 50.1 Å². The van der Waals surface area contributed by atoms with Gasteiger partial charge in [-0.25, -0.2) is 0 Å². The van der Waals surface area contributed by atoms with Crippen molar-refractivity contribution in [3.05, 3.63) is 0 Å². The summed E-state index contributed by atoms with van der Waals surface area (Å²) in [5.74, 6) is 0.00729. The second-order valence-corrected chi connectivity index (χ2v) is 4.23. The number of nitriles is 1. The summed E-state index contributed by atoms with van der Waals surface area (Å²) in [6.07, 6.45) is 2.91. The van der Waals surface area contributed by atoms with Crippen LogP contribution in [0.25, 0.3) is 0 Å². The van der Waals surface area contributed by atoms with Crippen molar-refractivity contribution in [2.75, 3.05) is 6.61 Å². The summed E-state index contributed by atoms with van der Waals surface area (Å²) in [5.41, 5.74) is 0. The number of hydrogen-bond donors (Lipinski definition) is 0. The highest BCUT2D eigenvalue weighted by Gasteiger charge is 2.15. The van der Waals surface area contributed by atoms with Crippen LogP contribution in [-0.2, 0) is 9.53 Å². The van der Waals surface area contributed by atoms with Crippen molar-refractivity contribution in [1.29, 1.82) is 5.26 Å². The molecule has 0 fully saturated rings. The lowest BCUT2D eigenvalue weighted by Crippen LogP contribution is -2.12. The van der Waals surface area contributed by atoms with Crippen molar-refractivity contribution in [3.63, 3.8) is 0 Å². The van der Waals surface area contributed by atoms with E-state index in [1.807, 2.05) is 20.8 Å². The molecular weight excluding hydrogens is 190 g/mol. The van der Waals surface area contributed by atoms with E-state index in [-0.39, 0.29) is 18.3 Å². The largest absolute Gasteiger partial charge is 0.466 e. The molecule has 0 saturated heterocycles. The first-order valence-corrected chi connectivity index (χ1v) is 5.65. The molecule has 0 saturated carbocycles. The average molecular weight is 211 g/mol. The Morgan fingerprint density at radius 1 is 1.47 bits per heavy atom. The van der Waals surface area contributed by atoms with Gasteiger partial charge in [-0.15, -0.1) is 0 Å². The molecule has 15 heavy (non-hydrogen) atoms. The first-order valence-electron chi connectivity index (χ1n) is 5.65. The Morgan fingerprint density at radius 2 is 2.13 bits per heavy atom. The third-order valence-electron chi connectivity index (χ3n) is 2.11. The summed E-state index contributed by atoms with van der Waals surface area (Å²) in [5, 5.41) is 8.84. The molecule has 0 aromatic rings. The van der Waals surface area contributed by atoms with Crippen LogP contribution in [0.2, 0.25) is 0 Å². The lowest BCUT2D eigenvalue weighted by atomic mass is 9.96. The van der Waals surface area contributed by atoms with Gasteiger partial charge in [-0.3, -0.25) is 4.79 Å². The second-order valence-electron chi connectivity index (χ2n) is 4.23. The standard InChI is InChI=1S/C12H21NO2/c1-4-5-6-15-12(14)8-11(9-13)7-10(2)3/h10-11H,4-8H2,1-3H3. The summed E-state index contributed by atoms with van der Waals surface area (Å²) in [6, 6.07) is 2.15. The molecule has 0 spiro atoms. The molecule has 1 atom stereocenters. The van der Waals surface area contributed by atoms with E-state index < -0.39 is 0 Å². The molecule has 3 heteroatoms. The normalized spacial score (nSPS) is 12.2. The predicted molar refractivity (Wildman–Crippen MR) is 59.0 cm³/mol. The molecule has 0 heterocycles. The van der Waals surface area contributed by atoms with E-state index in [0.717, 1.165) is 19.3 Å². The van der Waals surface area contributed by atoms with E-state index in [4.69, 9.17) is 10.00 Å². The quantitative estimate of drug-likeness (QED) is 0.480. The monoisotopic (exact) mass is 211 g/mol. The average Bonchev–Trinajstić information content (AvgIpc) is 2.16. The van der Waals surface area contributed by atoms with Crippen LogP contribution in [0.1, 0.15) is 46.5 Å². The SMILES string of the molecule is CCCCOC(=O)CC(C#N)CC(C)C. The number of rotatable bonds is 7. The van der Waals surface area contributed by atoms with Crippen molar-refractivity contribution in [2.24, 2.45) is 11.8 Å². The van der Waals surface area contributed by atoms with Crippen molar-refractivity contribution in [3.8, 4) is 6.07 Å². The lowest BCUT2D eigenvalue weighted by molar-refractivity contribution is -0.144. The van der Waals surface area contributed by atoms with Crippen LogP contribution < -0.4 is 0 Å². The van der Waals surface area contributed by atoms with Crippen LogP contribution in [0.5, 0.6) is 0 Å². The third-order valence-corrected chi connectivity index (χ3v) is 2.11. The van der Waals surface area contributed by atoms with Gasteiger partial charge in [-0.1, -0.05) is 27.2 Å². The maximum Gasteiger partial charge on any atom is 0.307 e. The number of ether oxygens (including phenoxy) is 1. The number of carbonyl (C=O) groups excluding carboxylic acids is 1. The summed E-state index contributed by atoms with van der Waals surface area (Å²) in [6.45, 7) is 6.62. The molecule has 0 radical (unpaired) electrons. The van der Waals surface area contributed by atoms with Gasteiger partial charge >= 0.3 is 5.97 Å². The smallest absolute Gasteiger partial charge is 0.307 e. The van der Waals surface area contributed by atoms with Crippen LogP contribution in [0.3, 0.4) is 0 Å². The van der Waals surface area contributed by atoms with E-state index in [1.54, 1.807) is 0 Å². The van der Waals surface area contributed by atoms with E-state index >= 15 is 0 Å². The lowest BCUT2D eigenvalue weighted by Gasteiger charge is -2.10. The summed E-state index contributed by atoms with van der Waals surface area (Å²) < 4.78 is 5.01. The number of carbonyl (C=O) groups is 1. The maximum absolute atomic E-state index is 11.3. The third kappa shape index (κ3) is 7.99. The predicted octanol–water partition coefficient (Wildman–Crippen LogP) is 2.91. The molecule has 0 aromatic carbocycles. The van der Waals surface area contributed by atoms with Gasteiger partial charge in [0.1, 0.15) is 0 Å². The molecule has 0 aliphatic heterocycles. The van der Waals surface area contributed by atoms with Crippen LogP contribution in [-0.4, -0.2) is 12.6 Å². The molecule has 0 aromatic heterocycles. The first kappa shape index (κ1) is 14.0. The second kappa shape index (κ2) is 8.28. The zero-order chi connectivity index (χ0) is 11.7. The van der Waals surface area contributed by atoms with E-state index in [9.17, 15) is 4.79 Å². The van der Waals surface area contributed by atoms with Gasteiger partial charge < -0.3 is 4.74 Å². The zero-order valence-electron chi connectivity index (χ0n) is 9.95. The Kier molecular flexibility index (Phi) is 7.71. The fraction of sp³-hybridized carbons (Fsp3) is 0.833. The van der Waals surface area contributed by atoms with Crippen LogP contribution >= 0.6 is 0 Å². The molecule has 1 unspecified atom stereocenters. The van der Waals surface area contributed by atoms with Gasteiger partial charge in [0.2, 0.25) is 0 Å². The van der Waals surface area contributed by atoms with Gasteiger partial charge in [0, 0.05) is 0 Å². The van der Waals surface area contributed by atoms with Crippen molar-refractivity contribution in [2.45, 2.75) is 46.5 Å². The molecule has 0 amide bonds. The molecule has 3 nitrogen and oxygen atoms in total. The van der Waals surface area contributed by atoms with E-state index in [1.165, 1.54) is 0 Å². The molecule has 0 aliphatic rings. The van der Waals surface area contributed by atoms with E-state index in [2.05, 4.69) is 6.07 Å². The van der Waals surface area contributed by atoms with Gasteiger partial charge in [-0.05, 0) is 18.8 Å².